The molecule has 1 amide bonds. The molecule has 0 aliphatic rings. The summed E-state index contributed by atoms with van der Waals surface area (Å²) in [5, 5.41) is 6.17. The topological polar surface area (TPSA) is 155 Å². The molecule has 2 aromatic carbocycles. The lowest BCUT2D eigenvalue weighted by Gasteiger charge is -2.17. The highest BCUT2D eigenvalue weighted by atomic mass is 16.5. The number of benzene rings is 2. The third kappa shape index (κ3) is 10.7. The second kappa shape index (κ2) is 19.1. The monoisotopic (exact) mass is 710 g/mol. The van der Waals surface area contributed by atoms with Crippen LogP contribution < -0.4 is 20.1 Å². The van der Waals surface area contributed by atoms with Crippen LogP contribution in [0.5, 0.6) is 11.5 Å². The Labute approximate surface area is 304 Å². The van der Waals surface area contributed by atoms with E-state index in [9.17, 15) is 19.2 Å². The molecule has 0 fully saturated rings. The van der Waals surface area contributed by atoms with Crippen molar-refractivity contribution in [2.45, 2.75) is 59.9 Å². The first-order valence-electron chi connectivity index (χ1n) is 17.1. The summed E-state index contributed by atoms with van der Waals surface area (Å²) in [5.41, 5.74) is 7.32. The van der Waals surface area contributed by atoms with Crippen molar-refractivity contribution in [3.63, 3.8) is 0 Å². The van der Waals surface area contributed by atoms with E-state index in [1.165, 1.54) is 13.8 Å². The molecule has 0 bridgehead atoms. The average molecular weight is 711 g/mol. The number of Topliss-reactive ketones (excluding diaryl/α,β-unsaturated/α-hetero) is 1. The van der Waals surface area contributed by atoms with Gasteiger partial charge in [0.2, 0.25) is 0 Å². The SMILES string of the molecule is COc1cc(C(=O)Nc2cccc(-c3cccc(CC(=O)c4cc(OC)c(CNCCOC(C)=O)cn4)c3C)c2C)ncc1CCCCOC(C)=O. The van der Waals surface area contributed by atoms with Crippen LogP contribution in [-0.2, 0) is 38.4 Å². The lowest BCUT2D eigenvalue weighted by atomic mass is 9.91. The minimum atomic E-state index is -0.372. The number of nitrogens with zero attached hydrogens (tertiary/aromatic N) is 2. The Kier molecular flexibility index (Phi) is 14.4. The molecule has 0 radical (unpaired) electrons. The summed E-state index contributed by atoms with van der Waals surface area (Å²) in [6, 6.07) is 14.8. The van der Waals surface area contributed by atoms with E-state index in [-0.39, 0.29) is 42.4 Å². The number of amides is 1. The van der Waals surface area contributed by atoms with Crippen LogP contribution in [0.1, 0.15) is 75.5 Å². The number of aryl methyl sites for hydroxylation is 1. The van der Waals surface area contributed by atoms with Gasteiger partial charge in [0.25, 0.3) is 5.91 Å². The number of ketones is 1. The van der Waals surface area contributed by atoms with Gasteiger partial charge in [-0.1, -0.05) is 30.3 Å². The van der Waals surface area contributed by atoms with Gasteiger partial charge in [0.15, 0.2) is 5.78 Å². The number of aromatic nitrogens is 2. The summed E-state index contributed by atoms with van der Waals surface area (Å²) in [5.74, 6) is -0.0573. The average Bonchev–Trinajstić information content (AvgIpc) is 3.13. The van der Waals surface area contributed by atoms with Gasteiger partial charge < -0.3 is 29.6 Å². The highest BCUT2D eigenvalue weighted by Crippen LogP contribution is 2.33. The van der Waals surface area contributed by atoms with Crippen molar-refractivity contribution in [3.05, 3.63) is 100 Å². The predicted molar refractivity (Wildman–Crippen MR) is 197 cm³/mol. The zero-order valence-corrected chi connectivity index (χ0v) is 30.6. The van der Waals surface area contributed by atoms with Gasteiger partial charge in [0, 0.05) is 74.7 Å². The number of unbranched alkanes of at least 4 members (excludes halogenated alkanes) is 1. The molecular formula is C40H46N4O8. The summed E-state index contributed by atoms with van der Waals surface area (Å²) in [6.45, 7) is 8.19. The number of carbonyl (C=O) groups is 4. The normalized spacial score (nSPS) is 10.7. The van der Waals surface area contributed by atoms with E-state index in [4.69, 9.17) is 18.9 Å². The maximum absolute atomic E-state index is 13.4. The van der Waals surface area contributed by atoms with Gasteiger partial charge >= 0.3 is 11.9 Å². The molecule has 0 atom stereocenters. The molecule has 0 aliphatic carbocycles. The number of methoxy groups -OCH3 is 2. The molecule has 0 saturated carbocycles. The Morgan fingerprint density at radius 1 is 0.712 bits per heavy atom. The van der Waals surface area contributed by atoms with Crippen molar-refractivity contribution < 1.29 is 38.1 Å². The molecule has 4 aromatic rings. The van der Waals surface area contributed by atoms with Crippen LogP contribution in [-0.4, -0.2) is 67.6 Å². The van der Waals surface area contributed by atoms with E-state index >= 15 is 0 Å². The first-order chi connectivity index (χ1) is 25.0. The Morgan fingerprint density at radius 3 is 2.04 bits per heavy atom. The lowest BCUT2D eigenvalue weighted by molar-refractivity contribution is -0.141. The van der Waals surface area contributed by atoms with Crippen molar-refractivity contribution in [3.8, 4) is 22.6 Å². The molecule has 52 heavy (non-hydrogen) atoms. The molecule has 0 unspecified atom stereocenters. The standard InChI is InChI=1S/C40H46N4O8/c1-25-29(19-37(47)35-20-39(50-6)31(24-42-35)22-41-16-18-52-28(4)46)12-9-13-32(25)33-14-10-15-34(26(33)2)44-40(48)36-21-38(49-5)30(23-43-36)11-7-8-17-51-27(3)45/h9-10,12-15,20-21,23-24,41H,7-8,11,16-19,22H2,1-6H3,(H,44,48). The van der Waals surface area contributed by atoms with Gasteiger partial charge in [0.1, 0.15) is 29.5 Å². The number of rotatable bonds is 18. The molecule has 2 aromatic heterocycles. The van der Waals surface area contributed by atoms with E-state index in [1.54, 1.807) is 38.7 Å². The number of pyridine rings is 2. The number of esters is 2. The highest BCUT2D eigenvalue weighted by molar-refractivity contribution is 6.04. The van der Waals surface area contributed by atoms with Gasteiger partial charge in [-0.3, -0.25) is 29.1 Å². The van der Waals surface area contributed by atoms with Gasteiger partial charge in [0.05, 0.1) is 20.8 Å². The van der Waals surface area contributed by atoms with Crippen LogP contribution in [0.2, 0.25) is 0 Å². The Balaban J connectivity index is 1.45. The van der Waals surface area contributed by atoms with Crippen molar-refractivity contribution in [2.24, 2.45) is 0 Å². The van der Waals surface area contributed by atoms with E-state index < -0.39 is 0 Å². The van der Waals surface area contributed by atoms with E-state index in [0.717, 1.165) is 45.4 Å². The molecule has 12 nitrogen and oxygen atoms in total. The van der Waals surface area contributed by atoms with E-state index in [0.29, 0.717) is 55.4 Å². The minimum absolute atomic E-state index is 0.140. The Hall–Kier alpha value is -5.62. The van der Waals surface area contributed by atoms with Crippen LogP contribution in [0, 0.1) is 13.8 Å². The van der Waals surface area contributed by atoms with Gasteiger partial charge in [-0.25, -0.2) is 0 Å². The molecule has 2 heterocycles. The number of anilines is 1. The molecule has 2 N–H and O–H groups in total. The van der Waals surface area contributed by atoms with Crippen LogP contribution in [0.15, 0.2) is 60.9 Å². The zero-order valence-electron chi connectivity index (χ0n) is 30.6. The smallest absolute Gasteiger partial charge is 0.302 e. The molecule has 0 saturated heterocycles. The highest BCUT2D eigenvalue weighted by Gasteiger charge is 2.18. The molecule has 274 valence electrons. The summed E-state index contributed by atoms with van der Waals surface area (Å²) >= 11 is 0. The van der Waals surface area contributed by atoms with Crippen molar-refractivity contribution in [1.82, 2.24) is 15.3 Å². The predicted octanol–water partition coefficient (Wildman–Crippen LogP) is 5.99. The number of carbonyl (C=O) groups excluding carboxylic acids is 4. The number of ether oxygens (including phenoxy) is 4. The Bertz CT molecular complexity index is 1770. The quantitative estimate of drug-likeness (QED) is 0.0711. The van der Waals surface area contributed by atoms with Crippen LogP contribution in [0.3, 0.4) is 0 Å². The fourth-order valence-corrected chi connectivity index (χ4v) is 5.71. The lowest BCUT2D eigenvalue weighted by Crippen LogP contribution is -2.21. The van der Waals surface area contributed by atoms with Crippen LogP contribution >= 0.6 is 0 Å². The summed E-state index contributed by atoms with van der Waals surface area (Å²) in [7, 11) is 3.10. The molecule has 0 aliphatic heterocycles. The Morgan fingerprint density at radius 2 is 1.33 bits per heavy atom. The number of nitrogens with one attached hydrogen (secondary N) is 2. The fourth-order valence-electron chi connectivity index (χ4n) is 5.71. The zero-order chi connectivity index (χ0) is 37.6. The largest absolute Gasteiger partial charge is 0.496 e. The molecular weight excluding hydrogens is 664 g/mol. The van der Waals surface area contributed by atoms with E-state index in [1.807, 2.05) is 50.2 Å². The second-order valence-corrected chi connectivity index (χ2v) is 12.2. The minimum Gasteiger partial charge on any atom is -0.496 e. The summed E-state index contributed by atoms with van der Waals surface area (Å²) < 4.78 is 21.0. The fraction of sp³-hybridized carbons (Fsp3) is 0.350. The third-order valence-corrected chi connectivity index (χ3v) is 8.56. The van der Waals surface area contributed by atoms with E-state index in [2.05, 4.69) is 20.6 Å². The third-order valence-electron chi connectivity index (χ3n) is 8.56. The van der Waals surface area contributed by atoms with Gasteiger partial charge in [-0.15, -0.1) is 0 Å². The van der Waals surface area contributed by atoms with Crippen molar-refractivity contribution in [2.75, 3.05) is 39.3 Å². The first kappa shape index (κ1) is 39.2. The van der Waals surface area contributed by atoms with Crippen molar-refractivity contribution in [1.29, 1.82) is 0 Å². The number of hydrogen-bond donors (Lipinski definition) is 2. The summed E-state index contributed by atoms with van der Waals surface area (Å²) in [4.78, 5) is 57.6. The maximum atomic E-state index is 13.4. The first-order valence-corrected chi connectivity index (χ1v) is 17.1. The molecule has 12 heteroatoms. The van der Waals surface area contributed by atoms with Gasteiger partial charge in [-0.2, -0.15) is 0 Å². The maximum Gasteiger partial charge on any atom is 0.302 e. The van der Waals surface area contributed by atoms with Crippen LogP contribution in [0.25, 0.3) is 11.1 Å². The summed E-state index contributed by atoms with van der Waals surface area (Å²) in [6.07, 6.45) is 5.55. The molecule has 0 spiro atoms. The molecule has 4 rings (SSSR count). The van der Waals surface area contributed by atoms with Gasteiger partial charge in [-0.05, 0) is 67.0 Å². The second-order valence-electron chi connectivity index (χ2n) is 12.2. The number of hydrogen-bond acceptors (Lipinski definition) is 11. The van der Waals surface area contributed by atoms with Crippen LogP contribution in [0.4, 0.5) is 5.69 Å². The van der Waals surface area contributed by atoms with Crippen molar-refractivity contribution >= 4 is 29.3 Å².